The number of benzene rings is 2. The third-order valence-electron chi connectivity index (χ3n) is 4.90. The standard InChI is InChI=1S/C19H15Cl2NO2/c20-12-8-15(21)17-13-2-1-3-14(13)18(22-16(17)9-12)10-4-6-11(7-5-10)19(23)24/h1-2,4-9,13-14,18,22H,3H2,(H,23,24)/t13-,14+,18+/m1/s1. The summed E-state index contributed by atoms with van der Waals surface area (Å²) >= 11 is 12.6. The van der Waals surface area contributed by atoms with Gasteiger partial charge in [-0.05, 0) is 42.2 Å². The van der Waals surface area contributed by atoms with Gasteiger partial charge in [0.05, 0.1) is 11.6 Å². The van der Waals surface area contributed by atoms with Gasteiger partial charge in [0.25, 0.3) is 0 Å². The quantitative estimate of drug-likeness (QED) is 0.694. The van der Waals surface area contributed by atoms with Crippen LogP contribution in [0.1, 0.15) is 39.9 Å². The molecular formula is C19H15Cl2NO2. The Balaban J connectivity index is 1.76. The van der Waals surface area contributed by atoms with E-state index in [0.29, 0.717) is 21.5 Å². The number of hydrogen-bond acceptors (Lipinski definition) is 2. The van der Waals surface area contributed by atoms with Crippen molar-refractivity contribution in [2.24, 2.45) is 5.92 Å². The van der Waals surface area contributed by atoms with E-state index in [0.717, 1.165) is 23.2 Å². The molecular weight excluding hydrogens is 345 g/mol. The van der Waals surface area contributed by atoms with E-state index >= 15 is 0 Å². The normalized spacial score (nSPS) is 24.2. The smallest absolute Gasteiger partial charge is 0.335 e. The molecule has 0 bridgehead atoms. The SMILES string of the molecule is O=C(O)c1ccc([C@@H]2Nc3cc(Cl)cc(Cl)c3[C@@H]3C=CC[C@@H]32)cc1. The Morgan fingerprint density at radius 2 is 1.92 bits per heavy atom. The highest BCUT2D eigenvalue weighted by Crippen LogP contribution is 2.52. The molecule has 0 spiro atoms. The van der Waals surface area contributed by atoms with Crippen molar-refractivity contribution in [1.29, 1.82) is 0 Å². The van der Waals surface area contributed by atoms with Crippen LogP contribution in [0, 0.1) is 5.92 Å². The molecule has 0 radical (unpaired) electrons. The summed E-state index contributed by atoms with van der Waals surface area (Å²) in [6.07, 6.45) is 5.36. The lowest BCUT2D eigenvalue weighted by molar-refractivity contribution is 0.0697. The van der Waals surface area contributed by atoms with Crippen LogP contribution < -0.4 is 5.32 Å². The molecule has 0 saturated carbocycles. The minimum absolute atomic E-state index is 0.0925. The molecule has 0 aromatic heterocycles. The first-order valence-electron chi connectivity index (χ1n) is 7.80. The van der Waals surface area contributed by atoms with Crippen LogP contribution in [-0.4, -0.2) is 11.1 Å². The van der Waals surface area contributed by atoms with Gasteiger partial charge >= 0.3 is 5.97 Å². The summed E-state index contributed by atoms with van der Waals surface area (Å²) in [5.74, 6) is -0.315. The van der Waals surface area contributed by atoms with Crippen molar-refractivity contribution in [1.82, 2.24) is 0 Å². The number of aromatic carboxylic acids is 1. The topological polar surface area (TPSA) is 49.3 Å². The number of halogens is 2. The van der Waals surface area contributed by atoms with Crippen LogP contribution in [0.15, 0.2) is 48.6 Å². The molecule has 5 heteroatoms. The lowest BCUT2D eigenvalue weighted by Crippen LogP contribution is -2.29. The molecule has 2 aromatic rings. The average Bonchev–Trinajstić information content (AvgIpc) is 3.02. The van der Waals surface area contributed by atoms with E-state index in [1.54, 1.807) is 18.2 Å². The van der Waals surface area contributed by atoms with E-state index in [9.17, 15) is 4.79 Å². The second kappa shape index (κ2) is 5.83. The number of carboxylic acid groups (broad SMARTS) is 1. The fraction of sp³-hybridized carbons (Fsp3) is 0.211. The van der Waals surface area contributed by atoms with Gasteiger partial charge in [-0.3, -0.25) is 0 Å². The van der Waals surface area contributed by atoms with E-state index < -0.39 is 5.97 Å². The van der Waals surface area contributed by atoms with Gasteiger partial charge in [0.2, 0.25) is 0 Å². The summed E-state index contributed by atoms with van der Waals surface area (Å²) in [5.41, 5.74) is 3.41. The fourth-order valence-electron chi connectivity index (χ4n) is 3.81. The number of nitrogens with one attached hydrogen (secondary N) is 1. The van der Waals surface area contributed by atoms with Crippen molar-refractivity contribution in [2.45, 2.75) is 18.4 Å². The number of carbonyl (C=O) groups is 1. The maximum atomic E-state index is 11.1. The van der Waals surface area contributed by atoms with Crippen molar-refractivity contribution in [3.63, 3.8) is 0 Å². The van der Waals surface area contributed by atoms with Gasteiger partial charge in [-0.1, -0.05) is 47.5 Å². The van der Waals surface area contributed by atoms with Gasteiger partial charge in [-0.2, -0.15) is 0 Å². The maximum absolute atomic E-state index is 11.1. The monoisotopic (exact) mass is 359 g/mol. The first-order chi connectivity index (χ1) is 11.5. The molecule has 0 unspecified atom stereocenters. The number of rotatable bonds is 2. The summed E-state index contributed by atoms with van der Waals surface area (Å²) < 4.78 is 0. The summed E-state index contributed by atoms with van der Waals surface area (Å²) in [4.78, 5) is 11.1. The first-order valence-corrected chi connectivity index (χ1v) is 8.55. The van der Waals surface area contributed by atoms with Crippen LogP contribution in [0.25, 0.3) is 0 Å². The van der Waals surface area contributed by atoms with Crippen LogP contribution in [0.2, 0.25) is 10.0 Å². The lowest BCUT2D eigenvalue weighted by Gasteiger charge is -2.38. The number of fused-ring (bicyclic) bond motifs is 3. The van der Waals surface area contributed by atoms with Gasteiger partial charge in [0, 0.05) is 27.2 Å². The Hall–Kier alpha value is -1.97. The molecule has 2 aromatic carbocycles. The van der Waals surface area contributed by atoms with Crippen molar-refractivity contribution in [2.75, 3.05) is 5.32 Å². The highest BCUT2D eigenvalue weighted by molar-refractivity contribution is 6.35. The molecule has 3 nitrogen and oxygen atoms in total. The zero-order chi connectivity index (χ0) is 16.8. The van der Waals surface area contributed by atoms with Crippen molar-refractivity contribution in [3.8, 4) is 0 Å². The Labute approximate surface area is 149 Å². The number of allylic oxidation sites excluding steroid dienone is 2. The predicted molar refractivity (Wildman–Crippen MR) is 96.2 cm³/mol. The first kappa shape index (κ1) is 15.6. The third-order valence-corrected chi connectivity index (χ3v) is 5.43. The van der Waals surface area contributed by atoms with Gasteiger partial charge in [-0.15, -0.1) is 0 Å². The van der Waals surface area contributed by atoms with E-state index in [4.69, 9.17) is 28.3 Å². The molecule has 2 N–H and O–H groups in total. The molecule has 4 rings (SSSR count). The van der Waals surface area contributed by atoms with Crippen LogP contribution in [0.5, 0.6) is 0 Å². The summed E-state index contributed by atoms with van der Waals surface area (Å²) in [6.45, 7) is 0. The zero-order valence-electron chi connectivity index (χ0n) is 12.7. The summed E-state index contributed by atoms with van der Waals surface area (Å²) in [7, 11) is 0. The van der Waals surface area contributed by atoms with Gasteiger partial charge in [0.15, 0.2) is 0 Å². The second-order valence-electron chi connectivity index (χ2n) is 6.25. The second-order valence-corrected chi connectivity index (χ2v) is 7.10. The Morgan fingerprint density at radius 3 is 2.62 bits per heavy atom. The average molecular weight is 360 g/mol. The fourth-order valence-corrected chi connectivity index (χ4v) is 4.43. The molecule has 2 aliphatic rings. The summed E-state index contributed by atoms with van der Waals surface area (Å²) in [5, 5.41) is 13.9. The Kier molecular flexibility index (Phi) is 3.78. The summed E-state index contributed by atoms with van der Waals surface area (Å²) in [6, 6.07) is 10.9. The molecule has 122 valence electrons. The van der Waals surface area contributed by atoms with Crippen LogP contribution >= 0.6 is 23.2 Å². The van der Waals surface area contributed by atoms with Crippen LogP contribution in [-0.2, 0) is 0 Å². The van der Waals surface area contributed by atoms with E-state index in [2.05, 4.69) is 17.5 Å². The van der Waals surface area contributed by atoms with Crippen LogP contribution in [0.3, 0.4) is 0 Å². The molecule has 1 aliphatic carbocycles. The molecule has 3 atom stereocenters. The van der Waals surface area contributed by atoms with E-state index in [1.807, 2.05) is 18.2 Å². The largest absolute Gasteiger partial charge is 0.478 e. The van der Waals surface area contributed by atoms with Crippen molar-refractivity contribution in [3.05, 3.63) is 75.3 Å². The Morgan fingerprint density at radius 1 is 1.17 bits per heavy atom. The molecule has 0 fully saturated rings. The minimum atomic E-state index is -0.914. The number of hydrogen-bond donors (Lipinski definition) is 2. The minimum Gasteiger partial charge on any atom is -0.478 e. The molecule has 24 heavy (non-hydrogen) atoms. The van der Waals surface area contributed by atoms with E-state index in [-0.39, 0.29) is 12.0 Å². The van der Waals surface area contributed by atoms with Crippen molar-refractivity contribution < 1.29 is 9.90 Å². The number of anilines is 1. The molecule has 0 saturated heterocycles. The molecule has 1 heterocycles. The van der Waals surface area contributed by atoms with Gasteiger partial charge in [0.1, 0.15) is 0 Å². The third kappa shape index (κ3) is 2.48. The predicted octanol–water partition coefficient (Wildman–Crippen LogP) is 5.52. The van der Waals surface area contributed by atoms with Crippen LogP contribution in [0.4, 0.5) is 5.69 Å². The highest BCUT2D eigenvalue weighted by Gasteiger charge is 2.39. The zero-order valence-corrected chi connectivity index (χ0v) is 14.2. The highest BCUT2D eigenvalue weighted by atomic mass is 35.5. The molecule has 0 amide bonds. The number of carboxylic acids is 1. The van der Waals surface area contributed by atoms with Gasteiger partial charge < -0.3 is 10.4 Å². The van der Waals surface area contributed by atoms with Crippen molar-refractivity contribution >= 4 is 34.9 Å². The molecule has 1 aliphatic heterocycles. The maximum Gasteiger partial charge on any atom is 0.335 e. The lowest BCUT2D eigenvalue weighted by atomic mass is 9.77. The van der Waals surface area contributed by atoms with Gasteiger partial charge in [-0.25, -0.2) is 4.79 Å². The Bertz CT molecular complexity index is 845. The van der Waals surface area contributed by atoms with E-state index in [1.165, 1.54) is 0 Å².